The molecule has 7 nitrogen and oxygen atoms in total. The Morgan fingerprint density at radius 3 is 2.64 bits per heavy atom. The molecule has 1 aromatic rings. The summed E-state index contributed by atoms with van der Waals surface area (Å²) in [5.41, 5.74) is -0.0543. The van der Waals surface area contributed by atoms with E-state index < -0.39 is 18.2 Å². The number of aliphatic carboxylic acids is 1. The van der Waals surface area contributed by atoms with Gasteiger partial charge in [0.05, 0.1) is 19.8 Å². The van der Waals surface area contributed by atoms with Gasteiger partial charge in [-0.2, -0.15) is 0 Å². The predicted molar refractivity (Wildman–Crippen MR) is 77.1 cm³/mol. The van der Waals surface area contributed by atoms with Gasteiger partial charge >= 0.3 is 5.97 Å². The molecule has 0 bridgehead atoms. The van der Waals surface area contributed by atoms with Crippen molar-refractivity contribution in [3.05, 3.63) is 29.8 Å². The summed E-state index contributed by atoms with van der Waals surface area (Å²) in [5.74, 6) is -0.889. The molecule has 0 aromatic heterocycles. The lowest BCUT2D eigenvalue weighted by atomic mass is 10.1. The van der Waals surface area contributed by atoms with Gasteiger partial charge in [-0.1, -0.05) is 0 Å². The zero-order chi connectivity index (χ0) is 16.0. The molecule has 0 radical (unpaired) electrons. The monoisotopic (exact) mass is 309 g/mol. The lowest BCUT2D eigenvalue weighted by Gasteiger charge is -2.33. The maximum Gasteiger partial charge on any atom is 0.341 e. The summed E-state index contributed by atoms with van der Waals surface area (Å²) in [7, 11) is 0. The van der Waals surface area contributed by atoms with E-state index in [1.807, 2.05) is 6.92 Å². The first kappa shape index (κ1) is 16.3. The van der Waals surface area contributed by atoms with E-state index >= 15 is 0 Å². The Bertz CT molecular complexity index is 521. The van der Waals surface area contributed by atoms with Crippen LogP contribution >= 0.6 is 0 Å². The maximum atomic E-state index is 12.1. The zero-order valence-corrected chi connectivity index (χ0v) is 12.3. The van der Waals surface area contributed by atoms with Crippen LogP contribution in [-0.4, -0.2) is 55.6 Å². The van der Waals surface area contributed by atoms with Crippen LogP contribution in [0.3, 0.4) is 0 Å². The van der Waals surface area contributed by atoms with Crippen molar-refractivity contribution in [2.45, 2.75) is 12.5 Å². The highest BCUT2D eigenvalue weighted by atomic mass is 16.6. The number of carbonyl (C=O) groups is 2. The SMILES string of the molecule is CC1(CNC(=O)c2ccc(OCC(=O)O)cc2)COCCO1. The molecular weight excluding hydrogens is 290 g/mol. The van der Waals surface area contributed by atoms with Gasteiger partial charge in [0.15, 0.2) is 6.61 Å². The molecular formula is C15H19NO6. The van der Waals surface area contributed by atoms with Gasteiger partial charge in [-0.3, -0.25) is 4.79 Å². The van der Waals surface area contributed by atoms with Crippen molar-refractivity contribution in [2.24, 2.45) is 0 Å². The molecule has 2 N–H and O–H groups in total. The Hall–Kier alpha value is -2.12. The number of ether oxygens (including phenoxy) is 3. The van der Waals surface area contributed by atoms with Crippen LogP contribution in [0.5, 0.6) is 5.75 Å². The smallest absolute Gasteiger partial charge is 0.341 e. The minimum absolute atomic E-state index is 0.236. The van der Waals surface area contributed by atoms with E-state index in [1.165, 1.54) is 0 Å². The van der Waals surface area contributed by atoms with Gasteiger partial charge < -0.3 is 24.6 Å². The number of rotatable bonds is 6. The van der Waals surface area contributed by atoms with Crippen LogP contribution < -0.4 is 10.1 Å². The summed E-state index contributed by atoms with van der Waals surface area (Å²) in [4.78, 5) is 22.5. The fourth-order valence-electron chi connectivity index (χ4n) is 2.00. The average molecular weight is 309 g/mol. The maximum absolute atomic E-state index is 12.1. The standard InChI is InChI=1S/C15H19NO6/c1-15(10-20-6-7-22-15)9-16-14(19)11-2-4-12(5-3-11)21-8-13(17)18/h2-5H,6-10H2,1H3,(H,16,19)(H,17,18). The zero-order valence-electron chi connectivity index (χ0n) is 12.3. The number of hydrogen-bond acceptors (Lipinski definition) is 5. The number of carboxylic acids is 1. The van der Waals surface area contributed by atoms with Gasteiger partial charge in [-0.05, 0) is 31.2 Å². The minimum Gasteiger partial charge on any atom is -0.482 e. The lowest BCUT2D eigenvalue weighted by Crippen LogP contribution is -2.49. The normalized spacial score (nSPS) is 21.1. The van der Waals surface area contributed by atoms with Gasteiger partial charge in [-0.25, -0.2) is 4.79 Å². The fraction of sp³-hybridized carbons (Fsp3) is 0.467. The molecule has 1 saturated heterocycles. The molecule has 1 amide bonds. The third kappa shape index (κ3) is 4.71. The molecule has 0 spiro atoms. The number of amides is 1. The second-order valence-corrected chi connectivity index (χ2v) is 5.24. The quantitative estimate of drug-likeness (QED) is 0.803. The number of carbonyl (C=O) groups excluding carboxylic acids is 1. The van der Waals surface area contributed by atoms with Crippen molar-refractivity contribution in [1.29, 1.82) is 0 Å². The van der Waals surface area contributed by atoms with Crippen LogP contribution in [0.25, 0.3) is 0 Å². The summed E-state index contributed by atoms with van der Waals surface area (Å²) in [6.07, 6.45) is 0. The third-order valence-electron chi connectivity index (χ3n) is 3.19. The van der Waals surface area contributed by atoms with Crippen LogP contribution in [0, 0.1) is 0 Å². The van der Waals surface area contributed by atoms with E-state index in [0.717, 1.165) is 0 Å². The molecule has 0 saturated carbocycles. The van der Waals surface area contributed by atoms with Gasteiger partial charge in [0.25, 0.3) is 5.91 Å². The van der Waals surface area contributed by atoms with Crippen LogP contribution in [0.15, 0.2) is 24.3 Å². The Labute approximate surface area is 128 Å². The summed E-state index contributed by atoms with van der Waals surface area (Å²) in [6, 6.07) is 6.26. The largest absolute Gasteiger partial charge is 0.482 e. The highest BCUT2D eigenvalue weighted by Crippen LogP contribution is 2.15. The van der Waals surface area contributed by atoms with Crippen LogP contribution in [0.4, 0.5) is 0 Å². The second-order valence-electron chi connectivity index (χ2n) is 5.24. The second kappa shape index (κ2) is 7.24. The third-order valence-corrected chi connectivity index (χ3v) is 3.19. The van der Waals surface area contributed by atoms with Gasteiger partial charge in [0, 0.05) is 12.1 Å². The van der Waals surface area contributed by atoms with Crippen molar-refractivity contribution in [3.63, 3.8) is 0 Å². The Morgan fingerprint density at radius 1 is 1.32 bits per heavy atom. The molecule has 1 fully saturated rings. The fourth-order valence-corrected chi connectivity index (χ4v) is 2.00. The number of hydrogen-bond donors (Lipinski definition) is 2. The number of carboxylic acid groups (broad SMARTS) is 1. The van der Waals surface area contributed by atoms with Crippen LogP contribution in [-0.2, 0) is 14.3 Å². The first-order valence-electron chi connectivity index (χ1n) is 6.93. The number of benzene rings is 1. The van der Waals surface area contributed by atoms with E-state index in [0.29, 0.717) is 37.7 Å². The van der Waals surface area contributed by atoms with Crippen molar-refractivity contribution in [2.75, 3.05) is 33.0 Å². The van der Waals surface area contributed by atoms with Crippen molar-refractivity contribution in [1.82, 2.24) is 5.32 Å². The van der Waals surface area contributed by atoms with E-state index in [-0.39, 0.29) is 5.91 Å². The van der Waals surface area contributed by atoms with Crippen LogP contribution in [0.1, 0.15) is 17.3 Å². The van der Waals surface area contributed by atoms with Crippen molar-refractivity contribution >= 4 is 11.9 Å². The molecule has 1 unspecified atom stereocenters. The first-order valence-corrected chi connectivity index (χ1v) is 6.93. The molecule has 22 heavy (non-hydrogen) atoms. The molecule has 120 valence electrons. The molecule has 1 aliphatic heterocycles. The van der Waals surface area contributed by atoms with Crippen LogP contribution in [0.2, 0.25) is 0 Å². The summed E-state index contributed by atoms with van der Waals surface area (Å²) in [6.45, 7) is 3.35. The molecule has 7 heteroatoms. The first-order chi connectivity index (χ1) is 10.5. The molecule has 1 aliphatic rings. The summed E-state index contributed by atoms with van der Waals surface area (Å²) < 4.78 is 16.0. The molecule has 2 rings (SSSR count). The molecule has 1 heterocycles. The highest BCUT2D eigenvalue weighted by Gasteiger charge is 2.29. The van der Waals surface area contributed by atoms with Crippen molar-refractivity contribution < 1.29 is 28.9 Å². The topological polar surface area (TPSA) is 94.1 Å². The molecule has 1 atom stereocenters. The Morgan fingerprint density at radius 2 is 2.05 bits per heavy atom. The molecule has 1 aromatic carbocycles. The van der Waals surface area contributed by atoms with Crippen molar-refractivity contribution in [3.8, 4) is 5.75 Å². The summed E-state index contributed by atoms with van der Waals surface area (Å²) in [5, 5.41) is 11.3. The lowest BCUT2D eigenvalue weighted by molar-refractivity contribution is -0.144. The Kier molecular flexibility index (Phi) is 5.35. The van der Waals surface area contributed by atoms with Gasteiger partial charge in [0.2, 0.25) is 0 Å². The predicted octanol–water partition coefficient (Wildman–Crippen LogP) is 0.685. The summed E-state index contributed by atoms with van der Waals surface area (Å²) >= 11 is 0. The minimum atomic E-state index is -1.05. The van der Waals surface area contributed by atoms with E-state index in [4.69, 9.17) is 19.3 Å². The Balaban J connectivity index is 1.85. The van der Waals surface area contributed by atoms with Gasteiger partial charge in [0.1, 0.15) is 11.4 Å². The average Bonchev–Trinajstić information content (AvgIpc) is 2.52. The van der Waals surface area contributed by atoms with Gasteiger partial charge in [-0.15, -0.1) is 0 Å². The van der Waals surface area contributed by atoms with E-state index in [1.54, 1.807) is 24.3 Å². The molecule has 0 aliphatic carbocycles. The van der Waals surface area contributed by atoms with E-state index in [9.17, 15) is 9.59 Å². The van der Waals surface area contributed by atoms with E-state index in [2.05, 4.69) is 5.32 Å². The highest BCUT2D eigenvalue weighted by molar-refractivity contribution is 5.94. The number of nitrogens with one attached hydrogen (secondary N) is 1.